The SMILES string of the molecule is COc1ccccc1N1CCN(CC(=O)NCC(C)C)C1=O. The van der Waals surface area contributed by atoms with Crippen molar-refractivity contribution in [3.05, 3.63) is 24.3 Å². The minimum absolute atomic E-state index is 0.0944. The van der Waals surface area contributed by atoms with E-state index < -0.39 is 0 Å². The summed E-state index contributed by atoms with van der Waals surface area (Å²) in [4.78, 5) is 27.5. The number of rotatable bonds is 6. The number of nitrogens with one attached hydrogen (secondary N) is 1. The second kappa shape index (κ2) is 7.15. The fraction of sp³-hybridized carbons (Fsp3) is 0.500. The molecule has 0 saturated carbocycles. The van der Waals surface area contributed by atoms with Gasteiger partial charge in [0, 0.05) is 19.6 Å². The third-order valence-corrected chi connectivity index (χ3v) is 3.51. The van der Waals surface area contributed by atoms with Gasteiger partial charge in [-0.3, -0.25) is 9.69 Å². The van der Waals surface area contributed by atoms with Crippen LogP contribution in [0.5, 0.6) is 5.75 Å². The maximum atomic E-state index is 12.5. The van der Waals surface area contributed by atoms with Crippen LogP contribution in [0.1, 0.15) is 13.8 Å². The van der Waals surface area contributed by atoms with Crippen molar-refractivity contribution in [3.8, 4) is 5.75 Å². The first-order valence-electron chi connectivity index (χ1n) is 7.49. The molecule has 1 saturated heterocycles. The Kier molecular flexibility index (Phi) is 5.25. The molecule has 0 bridgehead atoms. The normalized spacial score (nSPS) is 14.6. The highest BCUT2D eigenvalue weighted by atomic mass is 16.5. The first-order valence-corrected chi connectivity index (χ1v) is 7.49. The number of hydrogen-bond acceptors (Lipinski definition) is 3. The number of amides is 3. The van der Waals surface area contributed by atoms with Crippen molar-refractivity contribution in [3.63, 3.8) is 0 Å². The number of urea groups is 1. The van der Waals surface area contributed by atoms with Gasteiger partial charge in [0.25, 0.3) is 0 Å². The molecule has 0 spiro atoms. The molecule has 120 valence electrons. The summed E-state index contributed by atoms with van der Waals surface area (Å²) in [5.41, 5.74) is 0.736. The summed E-state index contributed by atoms with van der Waals surface area (Å²) in [6.07, 6.45) is 0. The zero-order chi connectivity index (χ0) is 16.1. The Hall–Kier alpha value is -2.24. The number of nitrogens with zero attached hydrogens (tertiary/aromatic N) is 2. The van der Waals surface area contributed by atoms with Crippen molar-refractivity contribution in [1.29, 1.82) is 0 Å². The van der Waals surface area contributed by atoms with E-state index in [0.717, 1.165) is 5.69 Å². The Morgan fingerprint density at radius 3 is 2.73 bits per heavy atom. The molecule has 0 aromatic heterocycles. The predicted octanol–water partition coefficient (Wildman–Crippen LogP) is 1.71. The molecule has 0 atom stereocenters. The van der Waals surface area contributed by atoms with Gasteiger partial charge in [-0.1, -0.05) is 26.0 Å². The van der Waals surface area contributed by atoms with Gasteiger partial charge >= 0.3 is 6.03 Å². The lowest BCUT2D eigenvalue weighted by atomic mass is 10.2. The molecule has 1 aromatic rings. The highest BCUT2D eigenvalue weighted by Gasteiger charge is 2.32. The van der Waals surface area contributed by atoms with E-state index in [9.17, 15) is 9.59 Å². The zero-order valence-corrected chi connectivity index (χ0v) is 13.3. The Morgan fingerprint density at radius 1 is 1.32 bits per heavy atom. The standard InChI is InChI=1S/C16H23N3O3/c1-12(2)10-17-15(20)11-18-8-9-19(16(18)21)13-6-4-5-7-14(13)22-3/h4-7,12H,8-11H2,1-3H3,(H,17,20). The molecule has 1 aliphatic rings. The van der Waals surface area contributed by atoms with Gasteiger partial charge in [0.2, 0.25) is 5.91 Å². The summed E-state index contributed by atoms with van der Waals surface area (Å²) < 4.78 is 5.30. The lowest BCUT2D eigenvalue weighted by Crippen LogP contribution is -2.40. The minimum atomic E-state index is -0.163. The highest BCUT2D eigenvalue weighted by molar-refractivity contribution is 5.97. The van der Waals surface area contributed by atoms with Gasteiger partial charge in [0.15, 0.2) is 0 Å². The van der Waals surface area contributed by atoms with Gasteiger partial charge < -0.3 is 15.0 Å². The Balaban J connectivity index is 1.99. The number of carbonyl (C=O) groups excluding carboxylic acids is 2. The average Bonchev–Trinajstić information content (AvgIpc) is 2.86. The Bertz CT molecular complexity index is 545. The molecule has 22 heavy (non-hydrogen) atoms. The highest BCUT2D eigenvalue weighted by Crippen LogP contribution is 2.30. The van der Waals surface area contributed by atoms with Crippen LogP contribution in [0, 0.1) is 5.92 Å². The lowest BCUT2D eigenvalue weighted by molar-refractivity contribution is -0.121. The van der Waals surface area contributed by atoms with Crippen molar-refractivity contribution < 1.29 is 14.3 Å². The first kappa shape index (κ1) is 16.1. The Morgan fingerprint density at radius 2 is 2.05 bits per heavy atom. The minimum Gasteiger partial charge on any atom is -0.495 e. The van der Waals surface area contributed by atoms with E-state index in [4.69, 9.17) is 4.74 Å². The third kappa shape index (κ3) is 3.69. The van der Waals surface area contributed by atoms with Crippen molar-refractivity contribution in [1.82, 2.24) is 10.2 Å². The average molecular weight is 305 g/mol. The van der Waals surface area contributed by atoms with Gasteiger partial charge in [-0.25, -0.2) is 4.79 Å². The van der Waals surface area contributed by atoms with Crippen molar-refractivity contribution in [2.24, 2.45) is 5.92 Å². The smallest absolute Gasteiger partial charge is 0.325 e. The summed E-state index contributed by atoms with van der Waals surface area (Å²) in [5.74, 6) is 0.925. The second-order valence-electron chi connectivity index (χ2n) is 5.73. The van der Waals surface area contributed by atoms with Gasteiger partial charge in [-0.05, 0) is 18.1 Å². The topological polar surface area (TPSA) is 61.9 Å². The van der Waals surface area contributed by atoms with Crippen LogP contribution in [-0.2, 0) is 4.79 Å². The van der Waals surface area contributed by atoms with Crippen LogP contribution < -0.4 is 15.0 Å². The van der Waals surface area contributed by atoms with Crippen LogP contribution in [0.25, 0.3) is 0 Å². The van der Waals surface area contributed by atoms with Crippen LogP contribution in [0.2, 0.25) is 0 Å². The maximum absolute atomic E-state index is 12.5. The maximum Gasteiger partial charge on any atom is 0.325 e. The lowest BCUT2D eigenvalue weighted by Gasteiger charge is -2.20. The molecule has 3 amide bonds. The molecule has 0 aliphatic carbocycles. The number of anilines is 1. The molecular weight excluding hydrogens is 282 g/mol. The van der Waals surface area contributed by atoms with Crippen LogP contribution in [0.15, 0.2) is 24.3 Å². The quantitative estimate of drug-likeness (QED) is 0.870. The fourth-order valence-electron chi connectivity index (χ4n) is 2.35. The number of methoxy groups -OCH3 is 1. The number of carbonyl (C=O) groups is 2. The largest absolute Gasteiger partial charge is 0.495 e. The summed E-state index contributed by atoms with van der Waals surface area (Å²) in [6.45, 7) is 5.87. The van der Waals surface area contributed by atoms with Crippen LogP contribution >= 0.6 is 0 Å². The van der Waals surface area contributed by atoms with E-state index in [2.05, 4.69) is 5.32 Å². The van der Waals surface area contributed by atoms with Crippen LogP contribution in [-0.4, -0.2) is 50.1 Å². The van der Waals surface area contributed by atoms with Crippen LogP contribution in [0.4, 0.5) is 10.5 Å². The van der Waals surface area contributed by atoms with E-state index in [1.807, 2.05) is 38.1 Å². The van der Waals surface area contributed by atoms with E-state index in [0.29, 0.717) is 31.3 Å². The fourth-order valence-corrected chi connectivity index (χ4v) is 2.35. The number of benzene rings is 1. The summed E-state index contributed by atoms with van der Waals surface area (Å²) in [7, 11) is 1.58. The molecule has 0 unspecified atom stereocenters. The molecule has 1 aliphatic heterocycles. The van der Waals surface area contributed by atoms with Crippen molar-refractivity contribution >= 4 is 17.6 Å². The summed E-state index contributed by atoms with van der Waals surface area (Å²) in [5, 5.41) is 2.83. The molecule has 6 heteroatoms. The number of hydrogen-bond donors (Lipinski definition) is 1. The number of para-hydroxylation sites is 2. The summed E-state index contributed by atoms with van der Waals surface area (Å²) in [6, 6.07) is 7.23. The monoisotopic (exact) mass is 305 g/mol. The molecule has 1 heterocycles. The van der Waals surface area contributed by atoms with E-state index >= 15 is 0 Å². The second-order valence-corrected chi connectivity index (χ2v) is 5.73. The van der Waals surface area contributed by atoms with Crippen molar-refractivity contribution in [2.45, 2.75) is 13.8 Å². The van der Waals surface area contributed by atoms with Crippen LogP contribution in [0.3, 0.4) is 0 Å². The molecular formula is C16H23N3O3. The predicted molar refractivity (Wildman–Crippen MR) is 85.2 cm³/mol. The molecule has 1 fully saturated rings. The molecule has 1 N–H and O–H groups in total. The van der Waals surface area contributed by atoms with E-state index in [1.165, 1.54) is 0 Å². The van der Waals surface area contributed by atoms with Crippen molar-refractivity contribution in [2.75, 3.05) is 38.2 Å². The van der Waals surface area contributed by atoms with E-state index in [1.54, 1.807) is 16.9 Å². The van der Waals surface area contributed by atoms with Gasteiger partial charge in [0.1, 0.15) is 12.3 Å². The van der Waals surface area contributed by atoms with E-state index in [-0.39, 0.29) is 18.5 Å². The Labute approximate surface area is 131 Å². The molecule has 6 nitrogen and oxygen atoms in total. The third-order valence-electron chi connectivity index (χ3n) is 3.51. The molecule has 1 aromatic carbocycles. The van der Waals surface area contributed by atoms with Gasteiger partial charge in [-0.15, -0.1) is 0 Å². The van der Waals surface area contributed by atoms with Gasteiger partial charge in [0.05, 0.1) is 12.8 Å². The molecule has 0 radical (unpaired) electrons. The first-order chi connectivity index (χ1) is 10.5. The molecule has 2 rings (SSSR count). The zero-order valence-electron chi connectivity index (χ0n) is 13.3. The number of ether oxygens (including phenoxy) is 1. The summed E-state index contributed by atoms with van der Waals surface area (Å²) >= 11 is 0. The van der Waals surface area contributed by atoms with Gasteiger partial charge in [-0.2, -0.15) is 0 Å².